The van der Waals surface area contributed by atoms with E-state index < -0.39 is 0 Å². The minimum atomic E-state index is 0.0351. The molecule has 0 bridgehead atoms. The average molecular weight is 300 g/mol. The van der Waals surface area contributed by atoms with E-state index in [9.17, 15) is 5.11 Å². The predicted octanol–water partition coefficient (Wildman–Crippen LogP) is 4.62. The van der Waals surface area contributed by atoms with Crippen molar-refractivity contribution in [1.82, 2.24) is 4.98 Å². The Kier molecular flexibility index (Phi) is 3.41. The van der Waals surface area contributed by atoms with Gasteiger partial charge < -0.3 is 10.4 Å². The highest BCUT2D eigenvalue weighted by Crippen LogP contribution is 2.33. The van der Waals surface area contributed by atoms with Crippen molar-refractivity contribution in [2.45, 2.75) is 6.61 Å². The van der Waals surface area contributed by atoms with Crippen LogP contribution in [0, 0.1) is 0 Å². The van der Waals surface area contributed by atoms with Crippen LogP contribution in [0.2, 0.25) is 0 Å². The van der Waals surface area contributed by atoms with Crippen molar-refractivity contribution in [2.75, 3.05) is 5.32 Å². The topological polar surface area (TPSA) is 45.1 Å². The Morgan fingerprint density at radius 2 is 1.43 bits per heavy atom. The van der Waals surface area contributed by atoms with Gasteiger partial charge in [-0.1, -0.05) is 48.5 Å². The summed E-state index contributed by atoms with van der Waals surface area (Å²) < 4.78 is 0. The predicted molar refractivity (Wildman–Crippen MR) is 94.9 cm³/mol. The lowest BCUT2D eigenvalue weighted by Gasteiger charge is -2.13. The van der Waals surface area contributed by atoms with Crippen LogP contribution in [-0.4, -0.2) is 10.1 Å². The molecule has 0 aliphatic rings. The molecule has 3 aromatic carbocycles. The molecule has 23 heavy (non-hydrogen) atoms. The Hall–Kier alpha value is -2.91. The van der Waals surface area contributed by atoms with Gasteiger partial charge in [0.05, 0.1) is 23.3 Å². The van der Waals surface area contributed by atoms with Gasteiger partial charge in [-0.15, -0.1) is 0 Å². The minimum Gasteiger partial charge on any atom is -0.392 e. The SMILES string of the molecule is OCc1cccc(Nc2c3ccccc3nc3ccccc23)c1. The van der Waals surface area contributed by atoms with Crippen molar-refractivity contribution in [3.05, 3.63) is 78.4 Å². The standard InChI is InChI=1S/C20H16N2O/c23-13-14-6-5-7-15(12-14)21-20-16-8-1-3-10-18(16)22-19-11-4-2-9-17(19)20/h1-12,23H,13H2,(H,21,22). The third-order valence-corrected chi connectivity index (χ3v) is 3.97. The molecule has 0 saturated heterocycles. The third-order valence-electron chi connectivity index (χ3n) is 3.97. The second-order valence-corrected chi connectivity index (χ2v) is 5.50. The molecule has 0 aliphatic carbocycles. The highest BCUT2D eigenvalue weighted by molar-refractivity contribution is 6.08. The molecule has 0 atom stereocenters. The summed E-state index contributed by atoms with van der Waals surface area (Å²) in [5.74, 6) is 0. The van der Waals surface area contributed by atoms with E-state index in [2.05, 4.69) is 17.4 Å². The number of hydrogen-bond donors (Lipinski definition) is 2. The fourth-order valence-electron chi connectivity index (χ4n) is 2.87. The van der Waals surface area contributed by atoms with E-state index in [-0.39, 0.29) is 6.61 Å². The van der Waals surface area contributed by atoms with Gasteiger partial charge in [0.1, 0.15) is 0 Å². The van der Waals surface area contributed by atoms with Gasteiger partial charge >= 0.3 is 0 Å². The number of pyridine rings is 1. The lowest BCUT2D eigenvalue weighted by atomic mass is 10.1. The zero-order chi connectivity index (χ0) is 15.6. The number of hydrogen-bond acceptors (Lipinski definition) is 3. The van der Waals surface area contributed by atoms with Crippen molar-refractivity contribution >= 4 is 33.2 Å². The van der Waals surface area contributed by atoms with Crippen molar-refractivity contribution in [1.29, 1.82) is 0 Å². The fraction of sp³-hybridized carbons (Fsp3) is 0.0500. The Morgan fingerprint density at radius 3 is 2.09 bits per heavy atom. The van der Waals surface area contributed by atoms with Gasteiger partial charge in [0.2, 0.25) is 0 Å². The van der Waals surface area contributed by atoms with E-state index in [1.165, 1.54) is 0 Å². The molecule has 0 unspecified atom stereocenters. The lowest BCUT2D eigenvalue weighted by molar-refractivity contribution is 0.282. The summed E-state index contributed by atoms with van der Waals surface area (Å²) in [4.78, 5) is 4.73. The minimum absolute atomic E-state index is 0.0351. The summed E-state index contributed by atoms with van der Waals surface area (Å²) in [5, 5.41) is 15.0. The molecule has 112 valence electrons. The van der Waals surface area contributed by atoms with Crippen molar-refractivity contribution in [3.8, 4) is 0 Å². The molecule has 0 amide bonds. The second-order valence-electron chi connectivity index (χ2n) is 5.50. The molecule has 0 fully saturated rings. The maximum absolute atomic E-state index is 9.33. The van der Waals surface area contributed by atoms with Crippen molar-refractivity contribution in [2.24, 2.45) is 0 Å². The summed E-state index contributed by atoms with van der Waals surface area (Å²) >= 11 is 0. The first-order valence-corrected chi connectivity index (χ1v) is 7.59. The largest absolute Gasteiger partial charge is 0.392 e. The van der Waals surface area contributed by atoms with Crippen LogP contribution in [0.4, 0.5) is 11.4 Å². The number of benzene rings is 3. The van der Waals surface area contributed by atoms with Gasteiger partial charge in [0.25, 0.3) is 0 Å². The molecule has 2 N–H and O–H groups in total. The Morgan fingerprint density at radius 1 is 0.783 bits per heavy atom. The molecule has 3 heteroatoms. The van der Waals surface area contributed by atoms with Crippen LogP contribution >= 0.6 is 0 Å². The number of rotatable bonds is 3. The second kappa shape index (κ2) is 5.71. The van der Waals surface area contributed by atoms with E-state index in [0.717, 1.165) is 38.7 Å². The molecular weight excluding hydrogens is 284 g/mol. The van der Waals surface area contributed by atoms with Gasteiger partial charge in [-0.05, 0) is 29.8 Å². The molecule has 4 aromatic rings. The molecule has 0 radical (unpaired) electrons. The third kappa shape index (κ3) is 2.51. The van der Waals surface area contributed by atoms with E-state index in [4.69, 9.17) is 4.98 Å². The van der Waals surface area contributed by atoms with Gasteiger partial charge in [0, 0.05) is 16.5 Å². The lowest BCUT2D eigenvalue weighted by Crippen LogP contribution is -1.96. The number of anilines is 2. The Bertz CT molecular complexity index is 941. The van der Waals surface area contributed by atoms with Gasteiger partial charge in [0.15, 0.2) is 0 Å². The summed E-state index contributed by atoms with van der Waals surface area (Å²) in [6, 6.07) is 24.1. The first-order valence-electron chi connectivity index (χ1n) is 7.59. The van der Waals surface area contributed by atoms with Crippen LogP contribution in [-0.2, 0) is 6.61 Å². The first-order chi connectivity index (χ1) is 11.3. The zero-order valence-electron chi connectivity index (χ0n) is 12.5. The van der Waals surface area contributed by atoms with E-state index >= 15 is 0 Å². The number of fused-ring (bicyclic) bond motifs is 2. The Balaban J connectivity index is 1.95. The quantitative estimate of drug-likeness (QED) is 0.542. The summed E-state index contributed by atoms with van der Waals surface area (Å²) in [6.45, 7) is 0.0351. The number of nitrogens with one attached hydrogen (secondary N) is 1. The smallest absolute Gasteiger partial charge is 0.0730 e. The number of aliphatic hydroxyl groups is 1. The molecular formula is C20H16N2O. The zero-order valence-corrected chi connectivity index (χ0v) is 12.5. The molecule has 0 spiro atoms. The summed E-state index contributed by atoms with van der Waals surface area (Å²) in [5.41, 5.74) is 4.82. The summed E-state index contributed by atoms with van der Waals surface area (Å²) in [6.07, 6.45) is 0. The fourth-order valence-corrected chi connectivity index (χ4v) is 2.87. The molecule has 1 aromatic heterocycles. The summed E-state index contributed by atoms with van der Waals surface area (Å²) in [7, 11) is 0. The van der Waals surface area contributed by atoms with E-state index in [1.807, 2.05) is 60.7 Å². The number of aromatic nitrogens is 1. The monoisotopic (exact) mass is 300 g/mol. The molecule has 1 heterocycles. The van der Waals surface area contributed by atoms with Gasteiger partial charge in [-0.3, -0.25) is 0 Å². The van der Waals surface area contributed by atoms with Gasteiger partial charge in [-0.25, -0.2) is 4.98 Å². The highest BCUT2D eigenvalue weighted by atomic mass is 16.3. The van der Waals surface area contributed by atoms with Crippen LogP contribution in [0.15, 0.2) is 72.8 Å². The molecule has 0 saturated carbocycles. The van der Waals surface area contributed by atoms with Crippen molar-refractivity contribution in [3.63, 3.8) is 0 Å². The first kappa shape index (κ1) is 13.7. The van der Waals surface area contributed by atoms with Crippen LogP contribution in [0.25, 0.3) is 21.8 Å². The molecule has 3 nitrogen and oxygen atoms in total. The Labute approximate surface area is 134 Å². The number of nitrogens with zero attached hydrogens (tertiary/aromatic N) is 1. The highest BCUT2D eigenvalue weighted by Gasteiger charge is 2.09. The van der Waals surface area contributed by atoms with Gasteiger partial charge in [-0.2, -0.15) is 0 Å². The van der Waals surface area contributed by atoms with Crippen molar-refractivity contribution < 1.29 is 5.11 Å². The average Bonchev–Trinajstić information content (AvgIpc) is 2.61. The normalized spacial score (nSPS) is 11.0. The van der Waals surface area contributed by atoms with Crippen LogP contribution in [0.3, 0.4) is 0 Å². The van der Waals surface area contributed by atoms with Crippen LogP contribution in [0.5, 0.6) is 0 Å². The van der Waals surface area contributed by atoms with Crippen LogP contribution in [0.1, 0.15) is 5.56 Å². The maximum atomic E-state index is 9.33. The number of aliphatic hydroxyl groups excluding tert-OH is 1. The number of para-hydroxylation sites is 2. The molecule has 0 aliphatic heterocycles. The van der Waals surface area contributed by atoms with E-state index in [0.29, 0.717) is 0 Å². The van der Waals surface area contributed by atoms with Crippen LogP contribution < -0.4 is 5.32 Å². The van der Waals surface area contributed by atoms with E-state index in [1.54, 1.807) is 0 Å². The molecule has 4 rings (SSSR count). The maximum Gasteiger partial charge on any atom is 0.0730 e.